The Bertz CT molecular complexity index is 373. The lowest BCUT2D eigenvalue weighted by molar-refractivity contribution is 0.114. The second-order valence-electron chi connectivity index (χ2n) is 4.22. The average Bonchev–Trinajstić information content (AvgIpc) is 2.36. The monoisotopic (exact) mass is 257 g/mol. The number of likely N-dealkylation sites (N-methyl/N-ethyl adjacent to an activating group) is 1. The first-order valence-corrected chi connectivity index (χ1v) is 5.86. The van der Waals surface area contributed by atoms with Gasteiger partial charge in [0.05, 0.1) is 13.7 Å². The molecule has 5 heteroatoms. The number of nitrogens with zero attached hydrogens (tertiary/aromatic N) is 1. The molecule has 2 N–H and O–H groups in total. The van der Waals surface area contributed by atoms with Crippen LogP contribution in [0.5, 0.6) is 5.75 Å². The zero-order chi connectivity index (χ0) is 13.5. The molecule has 0 radical (unpaired) electrons. The molecule has 1 unspecified atom stereocenters. The standard InChI is InChI=1S/C13H20FNO3/c1-15(12(9-17)5-6-16)8-10-7-11(14)3-4-13(10)18-2/h3-4,7,12,16-17H,5-6,8-9H2,1-2H3. The molecule has 1 atom stereocenters. The Balaban J connectivity index is 2.79. The molecule has 0 aliphatic carbocycles. The topological polar surface area (TPSA) is 52.9 Å². The smallest absolute Gasteiger partial charge is 0.123 e. The van der Waals surface area contributed by atoms with Crippen LogP contribution in [0.3, 0.4) is 0 Å². The third kappa shape index (κ3) is 3.94. The Morgan fingerprint density at radius 3 is 2.67 bits per heavy atom. The molecule has 102 valence electrons. The van der Waals surface area contributed by atoms with Gasteiger partial charge in [-0.2, -0.15) is 0 Å². The minimum atomic E-state index is -0.318. The van der Waals surface area contributed by atoms with Crippen LogP contribution in [0.4, 0.5) is 4.39 Å². The van der Waals surface area contributed by atoms with Gasteiger partial charge in [0.1, 0.15) is 11.6 Å². The molecular formula is C13H20FNO3. The summed E-state index contributed by atoms with van der Waals surface area (Å²) in [6.45, 7) is 0.413. The Morgan fingerprint density at radius 2 is 2.11 bits per heavy atom. The molecule has 0 bridgehead atoms. The summed E-state index contributed by atoms with van der Waals surface area (Å²) in [5.74, 6) is 0.297. The number of methoxy groups -OCH3 is 1. The molecule has 0 spiro atoms. The van der Waals surface area contributed by atoms with Gasteiger partial charge in [0.25, 0.3) is 0 Å². The zero-order valence-corrected chi connectivity index (χ0v) is 10.8. The Labute approximate surface area is 107 Å². The van der Waals surface area contributed by atoms with Crippen LogP contribution < -0.4 is 4.74 Å². The van der Waals surface area contributed by atoms with Gasteiger partial charge in [-0.3, -0.25) is 4.90 Å². The summed E-state index contributed by atoms with van der Waals surface area (Å²) in [5, 5.41) is 18.1. The Kier molecular flexibility index (Phi) is 6.04. The highest BCUT2D eigenvalue weighted by Crippen LogP contribution is 2.21. The van der Waals surface area contributed by atoms with E-state index in [0.29, 0.717) is 18.7 Å². The van der Waals surface area contributed by atoms with E-state index in [4.69, 9.17) is 9.84 Å². The molecule has 0 aliphatic rings. The molecule has 1 aromatic carbocycles. The van der Waals surface area contributed by atoms with Crippen LogP contribution in [-0.4, -0.2) is 48.5 Å². The molecule has 0 saturated heterocycles. The Hall–Kier alpha value is -1.17. The minimum absolute atomic E-state index is 0.00977. The van der Waals surface area contributed by atoms with Crippen molar-refractivity contribution in [3.05, 3.63) is 29.6 Å². The zero-order valence-electron chi connectivity index (χ0n) is 10.8. The van der Waals surface area contributed by atoms with E-state index < -0.39 is 0 Å². The fourth-order valence-electron chi connectivity index (χ4n) is 1.87. The van der Waals surface area contributed by atoms with E-state index in [1.54, 1.807) is 6.07 Å². The maximum absolute atomic E-state index is 13.2. The lowest BCUT2D eigenvalue weighted by Crippen LogP contribution is -2.35. The largest absolute Gasteiger partial charge is 0.496 e. The van der Waals surface area contributed by atoms with Gasteiger partial charge in [-0.1, -0.05) is 0 Å². The summed E-state index contributed by atoms with van der Waals surface area (Å²) in [7, 11) is 3.36. The van der Waals surface area contributed by atoms with Crippen molar-refractivity contribution in [3.63, 3.8) is 0 Å². The average molecular weight is 257 g/mol. The number of aliphatic hydroxyl groups is 2. The van der Waals surface area contributed by atoms with Crippen molar-refractivity contribution in [1.82, 2.24) is 4.90 Å². The summed E-state index contributed by atoms with van der Waals surface area (Å²) in [6.07, 6.45) is 0.477. The fraction of sp³-hybridized carbons (Fsp3) is 0.538. The van der Waals surface area contributed by atoms with Crippen LogP contribution in [0.2, 0.25) is 0 Å². The molecule has 4 nitrogen and oxygen atoms in total. The number of aliphatic hydroxyl groups excluding tert-OH is 2. The SMILES string of the molecule is COc1ccc(F)cc1CN(C)C(CO)CCO. The van der Waals surface area contributed by atoms with Crippen molar-refractivity contribution < 1.29 is 19.3 Å². The van der Waals surface area contributed by atoms with Crippen LogP contribution >= 0.6 is 0 Å². The van der Waals surface area contributed by atoms with Crippen molar-refractivity contribution in [3.8, 4) is 5.75 Å². The first-order valence-electron chi connectivity index (χ1n) is 5.86. The predicted molar refractivity (Wildman–Crippen MR) is 67.0 cm³/mol. The highest BCUT2D eigenvalue weighted by atomic mass is 19.1. The molecule has 0 saturated carbocycles. The summed E-state index contributed by atoms with van der Waals surface area (Å²) in [5.41, 5.74) is 0.719. The minimum Gasteiger partial charge on any atom is -0.496 e. The highest BCUT2D eigenvalue weighted by Gasteiger charge is 2.15. The van der Waals surface area contributed by atoms with Gasteiger partial charge in [0.15, 0.2) is 0 Å². The lowest BCUT2D eigenvalue weighted by atomic mass is 10.1. The maximum atomic E-state index is 13.2. The quantitative estimate of drug-likeness (QED) is 0.765. The van der Waals surface area contributed by atoms with Crippen molar-refractivity contribution >= 4 is 0 Å². The van der Waals surface area contributed by atoms with Gasteiger partial charge in [0, 0.05) is 24.8 Å². The molecule has 0 aromatic heterocycles. The second-order valence-corrected chi connectivity index (χ2v) is 4.22. The normalized spacial score (nSPS) is 12.8. The molecule has 0 fully saturated rings. The van der Waals surface area contributed by atoms with E-state index >= 15 is 0 Å². The van der Waals surface area contributed by atoms with E-state index in [-0.39, 0.29) is 25.1 Å². The molecule has 0 amide bonds. The van der Waals surface area contributed by atoms with Crippen LogP contribution in [0.1, 0.15) is 12.0 Å². The number of hydrogen-bond acceptors (Lipinski definition) is 4. The Morgan fingerprint density at radius 1 is 1.39 bits per heavy atom. The summed E-state index contributed by atoms with van der Waals surface area (Å²) in [6, 6.07) is 4.20. The summed E-state index contributed by atoms with van der Waals surface area (Å²) >= 11 is 0. The predicted octanol–water partition coefficient (Wildman–Crippen LogP) is 1.01. The van der Waals surface area contributed by atoms with E-state index in [9.17, 15) is 9.50 Å². The van der Waals surface area contributed by atoms with E-state index in [1.165, 1.54) is 19.2 Å². The third-order valence-corrected chi connectivity index (χ3v) is 2.96. The fourth-order valence-corrected chi connectivity index (χ4v) is 1.87. The third-order valence-electron chi connectivity index (χ3n) is 2.96. The van der Waals surface area contributed by atoms with Gasteiger partial charge in [-0.15, -0.1) is 0 Å². The van der Waals surface area contributed by atoms with Gasteiger partial charge < -0.3 is 14.9 Å². The molecular weight excluding hydrogens is 237 g/mol. The molecule has 1 rings (SSSR count). The molecule has 0 heterocycles. The van der Waals surface area contributed by atoms with E-state index in [2.05, 4.69) is 0 Å². The van der Waals surface area contributed by atoms with E-state index in [0.717, 1.165) is 5.56 Å². The van der Waals surface area contributed by atoms with Gasteiger partial charge in [-0.05, 0) is 31.7 Å². The van der Waals surface area contributed by atoms with Crippen molar-refractivity contribution in [2.75, 3.05) is 27.4 Å². The lowest BCUT2D eigenvalue weighted by Gasteiger charge is -2.26. The first-order chi connectivity index (χ1) is 8.62. The van der Waals surface area contributed by atoms with Crippen LogP contribution in [0.25, 0.3) is 0 Å². The summed E-state index contributed by atoms with van der Waals surface area (Å²) in [4.78, 5) is 1.87. The number of rotatable bonds is 7. The maximum Gasteiger partial charge on any atom is 0.123 e. The van der Waals surface area contributed by atoms with Crippen LogP contribution in [-0.2, 0) is 6.54 Å². The summed E-state index contributed by atoms with van der Waals surface area (Å²) < 4.78 is 18.4. The van der Waals surface area contributed by atoms with Crippen molar-refractivity contribution in [1.29, 1.82) is 0 Å². The second kappa shape index (κ2) is 7.31. The number of benzene rings is 1. The molecule has 18 heavy (non-hydrogen) atoms. The number of halogens is 1. The molecule has 1 aromatic rings. The number of hydrogen-bond donors (Lipinski definition) is 2. The highest BCUT2D eigenvalue weighted by molar-refractivity contribution is 5.33. The van der Waals surface area contributed by atoms with Crippen molar-refractivity contribution in [2.45, 2.75) is 19.0 Å². The van der Waals surface area contributed by atoms with Crippen LogP contribution in [0, 0.1) is 5.82 Å². The first kappa shape index (κ1) is 14.9. The van der Waals surface area contributed by atoms with Gasteiger partial charge >= 0.3 is 0 Å². The van der Waals surface area contributed by atoms with Crippen LogP contribution in [0.15, 0.2) is 18.2 Å². The molecule has 0 aliphatic heterocycles. The van der Waals surface area contributed by atoms with E-state index in [1.807, 2.05) is 11.9 Å². The van der Waals surface area contributed by atoms with Gasteiger partial charge in [0.2, 0.25) is 0 Å². The van der Waals surface area contributed by atoms with Gasteiger partial charge in [-0.25, -0.2) is 4.39 Å². The number of ether oxygens (including phenoxy) is 1. The van der Waals surface area contributed by atoms with Crippen molar-refractivity contribution in [2.24, 2.45) is 0 Å².